The number of hydrogen-bond acceptors (Lipinski definition) is 3. The molecule has 2 aromatic rings. The molecule has 0 unspecified atom stereocenters. The molecule has 1 aromatic heterocycles. The first-order valence-corrected chi connectivity index (χ1v) is 7.90. The summed E-state index contributed by atoms with van der Waals surface area (Å²) in [4.78, 5) is 4.82. The summed E-state index contributed by atoms with van der Waals surface area (Å²) in [5.41, 5.74) is 2.21. The van der Waals surface area contributed by atoms with Crippen LogP contribution in [0.1, 0.15) is 46.5 Å². The Morgan fingerprint density at radius 2 is 2.00 bits per heavy atom. The third kappa shape index (κ3) is 3.76. The first kappa shape index (κ1) is 15.8. The molecule has 0 spiro atoms. The van der Waals surface area contributed by atoms with Gasteiger partial charge in [-0.25, -0.2) is 4.98 Å². The summed E-state index contributed by atoms with van der Waals surface area (Å²) in [6, 6.07) is 7.10. The third-order valence-corrected chi connectivity index (χ3v) is 3.46. The average molecular weight is 289 g/mol. The number of nitrogens with zero attached hydrogens (tertiary/aromatic N) is 2. The molecule has 0 aliphatic carbocycles. The van der Waals surface area contributed by atoms with Crippen molar-refractivity contribution in [2.75, 3.05) is 13.2 Å². The minimum absolute atomic E-state index is 0.405. The molecular formula is C17H27N3O. The highest BCUT2D eigenvalue weighted by Gasteiger charge is 2.13. The van der Waals surface area contributed by atoms with Crippen molar-refractivity contribution in [2.45, 2.75) is 53.1 Å². The summed E-state index contributed by atoms with van der Waals surface area (Å²) in [6.45, 7) is 12.4. The number of fused-ring (bicyclic) bond motifs is 1. The molecule has 4 heteroatoms. The number of ether oxygens (including phenoxy) is 1. The van der Waals surface area contributed by atoms with Crippen molar-refractivity contribution in [2.24, 2.45) is 0 Å². The number of hydrogen-bond donors (Lipinski definition) is 1. The molecule has 116 valence electrons. The molecule has 0 aliphatic rings. The zero-order chi connectivity index (χ0) is 15.4. The van der Waals surface area contributed by atoms with Gasteiger partial charge in [-0.05, 0) is 32.9 Å². The zero-order valence-corrected chi connectivity index (χ0v) is 13.8. The minimum atomic E-state index is 0.405. The Hall–Kier alpha value is -1.55. The second-order valence-electron chi connectivity index (χ2n) is 5.93. The Morgan fingerprint density at radius 1 is 1.24 bits per heavy atom. The van der Waals surface area contributed by atoms with Crippen LogP contribution in [-0.2, 0) is 6.42 Å². The molecule has 1 aromatic carbocycles. The predicted molar refractivity (Wildman–Crippen MR) is 88.1 cm³/mol. The number of benzene rings is 1. The Morgan fingerprint density at radius 3 is 2.62 bits per heavy atom. The normalized spacial score (nSPS) is 11.8. The van der Waals surface area contributed by atoms with Crippen LogP contribution in [0.15, 0.2) is 18.2 Å². The van der Waals surface area contributed by atoms with E-state index in [0.29, 0.717) is 18.7 Å². The summed E-state index contributed by atoms with van der Waals surface area (Å²) >= 11 is 0. The van der Waals surface area contributed by atoms with Crippen LogP contribution >= 0.6 is 0 Å². The van der Waals surface area contributed by atoms with Crippen LogP contribution in [0.25, 0.3) is 11.0 Å². The van der Waals surface area contributed by atoms with Crippen LogP contribution in [0.3, 0.4) is 0 Å². The van der Waals surface area contributed by atoms with E-state index < -0.39 is 0 Å². The predicted octanol–water partition coefficient (Wildman–Crippen LogP) is 3.56. The van der Waals surface area contributed by atoms with Gasteiger partial charge in [-0.1, -0.05) is 13.8 Å². The van der Waals surface area contributed by atoms with E-state index in [-0.39, 0.29) is 0 Å². The maximum atomic E-state index is 5.57. The maximum absolute atomic E-state index is 5.57. The minimum Gasteiger partial charge on any atom is -0.494 e. The van der Waals surface area contributed by atoms with Gasteiger partial charge in [0, 0.05) is 31.1 Å². The van der Waals surface area contributed by atoms with E-state index in [1.165, 1.54) is 5.52 Å². The molecule has 1 N–H and O–H groups in total. The fourth-order valence-corrected chi connectivity index (χ4v) is 2.61. The van der Waals surface area contributed by atoms with Crippen LogP contribution in [0.5, 0.6) is 5.75 Å². The molecule has 0 radical (unpaired) electrons. The van der Waals surface area contributed by atoms with E-state index in [1.807, 2.05) is 19.1 Å². The quantitative estimate of drug-likeness (QED) is 0.847. The summed E-state index contributed by atoms with van der Waals surface area (Å²) in [5.74, 6) is 2.03. The first-order chi connectivity index (χ1) is 10.0. The molecule has 0 aliphatic heterocycles. The van der Waals surface area contributed by atoms with Crippen molar-refractivity contribution in [3.8, 4) is 5.75 Å². The second-order valence-corrected chi connectivity index (χ2v) is 5.93. The molecule has 0 amide bonds. The Kier molecular flexibility index (Phi) is 5.23. The molecule has 2 rings (SSSR count). The lowest BCUT2D eigenvalue weighted by atomic mass is 10.2. The van der Waals surface area contributed by atoms with Crippen molar-refractivity contribution in [1.29, 1.82) is 0 Å². The van der Waals surface area contributed by atoms with E-state index >= 15 is 0 Å². The molecule has 0 bridgehead atoms. The topological polar surface area (TPSA) is 39.1 Å². The van der Waals surface area contributed by atoms with Gasteiger partial charge in [0.1, 0.15) is 11.6 Å². The van der Waals surface area contributed by atoms with E-state index in [2.05, 4.69) is 43.6 Å². The van der Waals surface area contributed by atoms with Crippen molar-refractivity contribution >= 4 is 11.0 Å². The molecule has 0 saturated heterocycles. The number of aromatic nitrogens is 2. The highest BCUT2D eigenvalue weighted by atomic mass is 16.5. The van der Waals surface area contributed by atoms with Crippen molar-refractivity contribution in [1.82, 2.24) is 14.9 Å². The van der Waals surface area contributed by atoms with Crippen molar-refractivity contribution in [3.63, 3.8) is 0 Å². The van der Waals surface area contributed by atoms with Gasteiger partial charge in [0.15, 0.2) is 0 Å². The largest absolute Gasteiger partial charge is 0.494 e. The van der Waals surface area contributed by atoms with Gasteiger partial charge in [-0.15, -0.1) is 0 Å². The summed E-state index contributed by atoms with van der Waals surface area (Å²) in [6.07, 6.45) is 0.939. The van der Waals surface area contributed by atoms with Gasteiger partial charge in [-0.2, -0.15) is 0 Å². The van der Waals surface area contributed by atoms with Crippen LogP contribution in [0, 0.1) is 0 Å². The lowest BCUT2D eigenvalue weighted by molar-refractivity contribution is 0.340. The van der Waals surface area contributed by atoms with E-state index in [0.717, 1.165) is 30.1 Å². The summed E-state index contributed by atoms with van der Waals surface area (Å²) in [7, 11) is 0. The van der Waals surface area contributed by atoms with Crippen LogP contribution < -0.4 is 10.1 Å². The molecule has 1 heterocycles. The van der Waals surface area contributed by atoms with E-state index in [4.69, 9.17) is 9.72 Å². The number of nitrogens with one attached hydrogen (secondary N) is 1. The number of rotatable bonds is 7. The fourth-order valence-electron chi connectivity index (χ4n) is 2.61. The van der Waals surface area contributed by atoms with Crippen LogP contribution in [0.4, 0.5) is 0 Å². The first-order valence-electron chi connectivity index (χ1n) is 7.90. The zero-order valence-electron chi connectivity index (χ0n) is 13.8. The Labute approximate surface area is 127 Å². The van der Waals surface area contributed by atoms with Gasteiger partial charge in [0.25, 0.3) is 0 Å². The molecule has 4 nitrogen and oxygen atoms in total. The second kappa shape index (κ2) is 6.94. The highest BCUT2D eigenvalue weighted by molar-refractivity contribution is 5.78. The van der Waals surface area contributed by atoms with Gasteiger partial charge in [-0.3, -0.25) is 0 Å². The Bertz CT molecular complexity index is 587. The summed E-state index contributed by atoms with van der Waals surface area (Å²) < 4.78 is 7.90. The smallest absolute Gasteiger partial charge is 0.121 e. The monoisotopic (exact) mass is 289 g/mol. The molecule has 0 saturated carbocycles. The van der Waals surface area contributed by atoms with Gasteiger partial charge < -0.3 is 14.6 Å². The number of imidazole rings is 1. The van der Waals surface area contributed by atoms with Gasteiger partial charge in [0.2, 0.25) is 0 Å². The lowest BCUT2D eigenvalue weighted by Gasteiger charge is -2.14. The van der Waals surface area contributed by atoms with Crippen LogP contribution in [0.2, 0.25) is 0 Å². The SMILES string of the molecule is CCOc1ccc2c(c1)nc(CCNC(C)C)n2C(C)C. The molecule has 0 atom stereocenters. The Balaban J connectivity index is 2.32. The van der Waals surface area contributed by atoms with E-state index in [1.54, 1.807) is 0 Å². The third-order valence-electron chi connectivity index (χ3n) is 3.46. The molecule has 0 fully saturated rings. The lowest BCUT2D eigenvalue weighted by Crippen LogP contribution is -2.26. The molecular weight excluding hydrogens is 262 g/mol. The van der Waals surface area contributed by atoms with Gasteiger partial charge >= 0.3 is 0 Å². The van der Waals surface area contributed by atoms with Crippen LogP contribution in [-0.4, -0.2) is 28.7 Å². The van der Waals surface area contributed by atoms with Gasteiger partial charge in [0.05, 0.1) is 17.6 Å². The molecule has 21 heavy (non-hydrogen) atoms. The van der Waals surface area contributed by atoms with E-state index in [9.17, 15) is 0 Å². The van der Waals surface area contributed by atoms with Crippen molar-refractivity contribution < 1.29 is 4.74 Å². The fraction of sp³-hybridized carbons (Fsp3) is 0.588. The maximum Gasteiger partial charge on any atom is 0.121 e. The highest BCUT2D eigenvalue weighted by Crippen LogP contribution is 2.25. The average Bonchev–Trinajstić information content (AvgIpc) is 2.76. The summed E-state index contributed by atoms with van der Waals surface area (Å²) in [5, 5.41) is 3.46. The standard InChI is InChI=1S/C17H27N3O/c1-6-21-14-7-8-16-15(11-14)19-17(20(16)13(4)5)9-10-18-12(2)3/h7-8,11-13,18H,6,9-10H2,1-5H3. The van der Waals surface area contributed by atoms with Crippen molar-refractivity contribution in [3.05, 3.63) is 24.0 Å².